The average molecular weight is 552 g/mol. The minimum absolute atomic E-state index is 0.242. The molecule has 0 rings (SSSR count). The first kappa shape index (κ1) is 24.0. The standard InChI is InChI=1S/C12H16O4.6CH3.2Sn/c1-15-11(13)9-7-5-3-4-6-8-10-12(14)16-2;;;;;;;;/h9-10H,3-6H2,1-2H3;6*1H3;;. The van der Waals surface area contributed by atoms with E-state index in [-0.39, 0.29) is 11.9 Å². The first-order chi connectivity index (χ1) is 10.9. The van der Waals surface area contributed by atoms with Gasteiger partial charge in [-0.05, 0) is 0 Å². The molecule has 0 saturated heterocycles. The summed E-state index contributed by atoms with van der Waals surface area (Å²) in [5, 5.41) is 0. The van der Waals surface area contributed by atoms with Gasteiger partial charge in [-0.2, -0.15) is 0 Å². The predicted octanol–water partition coefficient (Wildman–Crippen LogP) is 4.50. The van der Waals surface area contributed by atoms with Crippen molar-refractivity contribution in [1.29, 1.82) is 0 Å². The third-order valence-corrected chi connectivity index (χ3v) is 17.3. The zero-order valence-corrected chi connectivity index (χ0v) is 22.3. The molecule has 0 spiro atoms. The number of methoxy groups -OCH3 is 2. The van der Waals surface area contributed by atoms with Gasteiger partial charge in [-0.15, -0.1) is 0 Å². The van der Waals surface area contributed by atoms with Gasteiger partial charge >= 0.3 is 157 Å². The Balaban J connectivity index is 4.82. The van der Waals surface area contributed by atoms with Gasteiger partial charge in [-0.3, -0.25) is 0 Å². The van der Waals surface area contributed by atoms with Gasteiger partial charge in [0.25, 0.3) is 0 Å². The normalized spacial score (nSPS) is 13.7. The number of allylic oxidation sites excluding steroid dienone is 2. The second-order valence-corrected chi connectivity index (χ2v) is 37.4. The van der Waals surface area contributed by atoms with E-state index in [1.807, 2.05) is 0 Å². The quantitative estimate of drug-likeness (QED) is 0.183. The van der Waals surface area contributed by atoms with Crippen molar-refractivity contribution in [2.24, 2.45) is 0 Å². The van der Waals surface area contributed by atoms with Crippen LogP contribution in [0, 0.1) is 0 Å². The van der Waals surface area contributed by atoms with E-state index in [9.17, 15) is 9.59 Å². The number of carbonyl (C=O) groups is 2. The maximum absolute atomic E-state index is 11.6. The van der Waals surface area contributed by atoms with Crippen LogP contribution in [-0.4, -0.2) is 62.9 Å². The van der Waals surface area contributed by atoms with Crippen LogP contribution in [0.3, 0.4) is 0 Å². The zero-order valence-electron chi connectivity index (χ0n) is 16.6. The molecule has 6 heteroatoms. The summed E-state index contributed by atoms with van der Waals surface area (Å²) < 4.78 is 12.2. The van der Waals surface area contributed by atoms with Gasteiger partial charge in [-0.1, -0.05) is 0 Å². The van der Waals surface area contributed by atoms with Crippen LogP contribution in [0.4, 0.5) is 0 Å². The Kier molecular flexibility index (Phi) is 10.9. The minimum atomic E-state index is -2.28. The molecule has 0 aromatic carbocycles. The van der Waals surface area contributed by atoms with Gasteiger partial charge in [0.2, 0.25) is 0 Å². The van der Waals surface area contributed by atoms with Crippen molar-refractivity contribution < 1.29 is 19.1 Å². The molecule has 0 aromatic heterocycles. The average Bonchev–Trinajstić information content (AvgIpc) is 2.46. The monoisotopic (exact) mass is 554 g/mol. The van der Waals surface area contributed by atoms with Crippen LogP contribution in [0.25, 0.3) is 0 Å². The van der Waals surface area contributed by atoms with Crippen molar-refractivity contribution in [2.75, 3.05) is 14.2 Å². The maximum atomic E-state index is 11.6. The molecule has 0 amide bonds. The summed E-state index contributed by atoms with van der Waals surface area (Å²) in [6, 6.07) is 0. The van der Waals surface area contributed by atoms with Crippen molar-refractivity contribution in [1.82, 2.24) is 0 Å². The molecule has 0 aliphatic carbocycles. The number of carbonyl (C=O) groups excluding carboxylic acids is 2. The number of esters is 2. The number of rotatable bonds is 9. The summed E-state index contributed by atoms with van der Waals surface area (Å²) in [5.74, 6) is -0.484. The van der Waals surface area contributed by atoms with Crippen molar-refractivity contribution in [3.63, 3.8) is 0 Å². The summed E-state index contributed by atoms with van der Waals surface area (Å²) in [6.45, 7) is 0. The van der Waals surface area contributed by atoms with E-state index in [2.05, 4.69) is 29.6 Å². The number of hydrogen-bond donors (Lipinski definition) is 0. The van der Waals surface area contributed by atoms with Crippen molar-refractivity contribution in [3.05, 3.63) is 19.3 Å². The molecule has 0 aliphatic rings. The molecule has 0 aliphatic heterocycles. The Labute approximate surface area is 155 Å². The topological polar surface area (TPSA) is 52.6 Å². The molecule has 0 fully saturated rings. The third-order valence-electron chi connectivity index (χ3n) is 4.06. The summed E-state index contributed by atoms with van der Waals surface area (Å²) in [6.07, 6.45) is 7.42. The van der Waals surface area contributed by atoms with Crippen LogP contribution in [0.2, 0.25) is 29.6 Å². The van der Waals surface area contributed by atoms with Gasteiger partial charge in [-0.25, -0.2) is 0 Å². The van der Waals surface area contributed by atoms with Crippen LogP contribution in [-0.2, 0) is 19.1 Å². The fraction of sp³-hybridized carbons (Fsp3) is 0.667. The number of unbranched alkanes of at least 4 members (excludes halogenated alkanes) is 1. The molecule has 4 nitrogen and oxygen atoms in total. The molecule has 0 N–H and O–H groups in total. The van der Waals surface area contributed by atoms with Gasteiger partial charge in [0, 0.05) is 0 Å². The third kappa shape index (κ3) is 10.1. The number of ether oxygens (including phenoxy) is 2. The molecule has 24 heavy (non-hydrogen) atoms. The molecule has 0 aromatic rings. The van der Waals surface area contributed by atoms with E-state index in [1.54, 1.807) is 12.2 Å². The Morgan fingerprint density at radius 2 is 1.00 bits per heavy atom. The van der Waals surface area contributed by atoms with E-state index in [0.717, 1.165) is 25.7 Å². The van der Waals surface area contributed by atoms with Crippen LogP contribution in [0.1, 0.15) is 25.7 Å². The van der Waals surface area contributed by atoms with E-state index < -0.39 is 36.8 Å². The van der Waals surface area contributed by atoms with Gasteiger partial charge in [0.15, 0.2) is 0 Å². The summed E-state index contributed by atoms with van der Waals surface area (Å²) in [4.78, 5) is 37.1. The zero-order chi connectivity index (χ0) is 19.0. The second kappa shape index (κ2) is 10.9. The Bertz CT molecular complexity index is 448. The van der Waals surface area contributed by atoms with Crippen LogP contribution >= 0.6 is 0 Å². The fourth-order valence-electron chi connectivity index (χ4n) is 2.36. The van der Waals surface area contributed by atoms with Crippen molar-refractivity contribution in [2.45, 2.75) is 55.3 Å². The molecule has 138 valence electrons. The van der Waals surface area contributed by atoms with Crippen LogP contribution in [0.5, 0.6) is 0 Å². The molecular formula is C18H34O4Sn2. The molecule has 0 atom stereocenters. The molecule has 0 saturated carbocycles. The fourth-order valence-corrected chi connectivity index (χ4v) is 10.8. The van der Waals surface area contributed by atoms with E-state index >= 15 is 0 Å². The molecular weight excluding hydrogens is 518 g/mol. The second-order valence-electron chi connectivity index (χ2n) is 8.09. The molecule has 0 radical (unpaired) electrons. The SMILES string of the molecule is COC(=O)/C=[C](/CCCC/[C](=C/C(=O)OC)[Sn]([CH3])([CH3])[CH3])[Sn]([CH3])([CH3])[CH3]. The van der Waals surface area contributed by atoms with E-state index in [4.69, 9.17) is 9.47 Å². The summed E-state index contributed by atoms with van der Waals surface area (Å²) in [5.41, 5.74) is 0. The Hall–Kier alpha value is 0.0174. The van der Waals surface area contributed by atoms with E-state index in [0.29, 0.717) is 0 Å². The van der Waals surface area contributed by atoms with Crippen molar-refractivity contribution >= 4 is 48.7 Å². The van der Waals surface area contributed by atoms with Gasteiger partial charge in [0.1, 0.15) is 0 Å². The number of hydrogen-bond acceptors (Lipinski definition) is 4. The molecule has 0 heterocycles. The van der Waals surface area contributed by atoms with Gasteiger partial charge < -0.3 is 0 Å². The van der Waals surface area contributed by atoms with Crippen LogP contribution < -0.4 is 0 Å². The van der Waals surface area contributed by atoms with Crippen molar-refractivity contribution in [3.8, 4) is 0 Å². The van der Waals surface area contributed by atoms with E-state index in [1.165, 1.54) is 21.4 Å². The predicted molar refractivity (Wildman–Crippen MR) is 105 cm³/mol. The van der Waals surface area contributed by atoms with Gasteiger partial charge in [0.05, 0.1) is 0 Å². The Morgan fingerprint density at radius 3 is 1.21 bits per heavy atom. The summed E-state index contributed by atoms with van der Waals surface area (Å²) >= 11 is -4.56. The Morgan fingerprint density at radius 1 is 0.708 bits per heavy atom. The molecule has 0 bridgehead atoms. The summed E-state index contributed by atoms with van der Waals surface area (Å²) in [7, 11) is 2.85. The van der Waals surface area contributed by atoms with Crippen LogP contribution in [0.15, 0.2) is 19.3 Å². The molecule has 0 unspecified atom stereocenters. The first-order valence-electron chi connectivity index (χ1n) is 8.49. The first-order valence-corrected chi connectivity index (χ1v) is 28.5.